The van der Waals surface area contributed by atoms with Gasteiger partial charge < -0.3 is 9.15 Å². The van der Waals surface area contributed by atoms with Crippen LogP contribution in [0.15, 0.2) is 57.4 Å². The van der Waals surface area contributed by atoms with Crippen molar-refractivity contribution in [3.05, 3.63) is 58.6 Å². The summed E-state index contributed by atoms with van der Waals surface area (Å²) in [6.07, 6.45) is 0. The zero-order valence-electron chi connectivity index (χ0n) is 11.4. The number of carbonyl (C=O) groups excluding carboxylic acids is 1. The largest absolute Gasteiger partial charge is 0.462 e. The Bertz CT molecular complexity index is 805. The number of ether oxygens (including phenoxy) is 1. The monoisotopic (exact) mass is 344 g/mol. The summed E-state index contributed by atoms with van der Waals surface area (Å²) >= 11 is 3.44. The molecule has 4 heteroatoms. The van der Waals surface area contributed by atoms with Gasteiger partial charge in [0.25, 0.3) is 0 Å². The average Bonchev–Trinajstić information content (AvgIpc) is 2.87. The van der Waals surface area contributed by atoms with Gasteiger partial charge >= 0.3 is 5.97 Å². The van der Waals surface area contributed by atoms with Crippen molar-refractivity contribution in [2.75, 3.05) is 6.61 Å². The number of hydrogen-bond acceptors (Lipinski definition) is 3. The van der Waals surface area contributed by atoms with E-state index in [0.29, 0.717) is 23.5 Å². The van der Waals surface area contributed by atoms with Gasteiger partial charge in [-0.3, -0.25) is 0 Å². The second kappa shape index (κ2) is 5.74. The Balaban J connectivity index is 2.26. The van der Waals surface area contributed by atoms with Crippen LogP contribution in [0, 0.1) is 0 Å². The molecule has 0 fully saturated rings. The second-order valence-corrected chi connectivity index (χ2v) is 5.45. The first kappa shape index (κ1) is 13.9. The van der Waals surface area contributed by atoms with E-state index in [1.54, 1.807) is 6.92 Å². The Labute approximate surface area is 130 Å². The number of esters is 1. The molecule has 3 nitrogen and oxygen atoms in total. The zero-order valence-corrected chi connectivity index (χ0v) is 13.0. The maximum absolute atomic E-state index is 12.3. The van der Waals surface area contributed by atoms with Crippen molar-refractivity contribution in [3.63, 3.8) is 0 Å². The molecule has 0 unspecified atom stereocenters. The molecule has 0 aliphatic heterocycles. The maximum atomic E-state index is 12.3. The number of rotatable bonds is 3. The second-order valence-electron chi connectivity index (χ2n) is 4.53. The van der Waals surface area contributed by atoms with Gasteiger partial charge in [0.05, 0.1) is 6.61 Å². The fourth-order valence-electron chi connectivity index (χ4n) is 2.28. The van der Waals surface area contributed by atoms with Crippen LogP contribution in [0.2, 0.25) is 0 Å². The van der Waals surface area contributed by atoms with E-state index in [1.807, 2.05) is 48.5 Å². The van der Waals surface area contributed by atoms with Crippen LogP contribution in [0.3, 0.4) is 0 Å². The zero-order chi connectivity index (χ0) is 14.8. The molecule has 106 valence electrons. The quantitative estimate of drug-likeness (QED) is 0.625. The summed E-state index contributed by atoms with van der Waals surface area (Å²) in [5.41, 5.74) is 1.99. The number of halogens is 1. The fraction of sp³-hybridized carbons (Fsp3) is 0.118. The van der Waals surface area contributed by atoms with Crippen LogP contribution < -0.4 is 0 Å². The molecule has 0 N–H and O–H groups in total. The number of para-hydroxylation sites is 1. The summed E-state index contributed by atoms with van der Waals surface area (Å²) in [7, 11) is 0. The first-order valence-electron chi connectivity index (χ1n) is 6.65. The minimum absolute atomic E-state index is 0.330. The van der Waals surface area contributed by atoms with Gasteiger partial charge in [0.1, 0.15) is 16.9 Å². The summed E-state index contributed by atoms with van der Waals surface area (Å²) in [6, 6.07) is 15.1. The highest BCUT2D eigenvalue weighted by molar-refractivity contribution is 9.10. The molecule has 0 radical (unpaired) electrons. The molecule has 3 aromatic rings. The Morgan fingerprint density at radius 3 is 2.76 bits per heavy atom. The highest BCUT2D eigenvalue weighted by Crippen LogP contribution is 2.35. The SMILES string of the molecule is CCOC(=O)c1c(-c2cccc(Br)c2)oc2ccccc12. The molecular weight excluding hydrogens is 332 g/mol. The molecule has 0 saturated carbocycles. The minimum Gasteiger partial charge on any atom is -0.462 e. The van der Waals surface area contributed by atoms with Crippen molar-refractivity contribution in [1.29, 1.82) is 0 Å². The van der Waals surface area contributed by atoms with Crippen molar-refractivity contribution in [2.45, 2.75) is 6.92 Å². The van der Waals surface area contributed by atoms with Gasteiger partial charge in [0.2, 0.25) is 0 Å². The van der Waals surface area contributed by atoms with Gasteiger partial charge in [0.15, 0.2) is 0 Å². The van der Waals surface area contributed by atoms with Crippen molar-refractivity contribution >= 4 is 32.9 Å². The number of fused-ring (bicyclic) bond motifs is 1. The van der Waals surface area contributed by atoms with Gasteiger partial charge in [-0.1, -0.05) is 46.3 Å². The Hall–Kier alpha value is -2.07. The smallest absolute Gasteiger partial charge is 0.342 e. The van der Waals surface area contributed by atoms with E-state index in [2.05, 4.69) is 15.9 Å². The standard InChI is InChI=1S/C17H13BrO3/c1-2-20-17(19)15-13-8-3-4-9-14(13)21-16(15)11-6-5-7-12(18)10-11/h3-10H,2H2,1H3. The van der Waals surface area contributed by atoms with Gasteiger partial charge in [-0.15, -0.1) is 0 Å². The van der Waals surface area contributed by atoms with E-state index >= 15 is 0 Å². The van der Waals surface area contributed by atoms with E-state index < -0.39 is 0 Å². The van der Waals surface area contributed by atoms with Gasteiger partial charge in [-0.2, -0.15) is 0 Å². The Kier molecular flexibility index (Phi) is 3.80. The molecule has 2 aromatic carbocycles. The van der Waals surface area contributed by atoms with Gasteiger partial charge in [-0.25, -0.2) is 4.79 Å². The molecule has 0 atom stereocenters. The van der Waals surface area contributed by atoms with E-state index in [-0.39, 0.29) is 5.97 Å². The molecule has 0 aliphatic rings. The van der Waals surface area contributed by atoms with Crippen molar-refractivity contribution in [1.82, 2.24) is 0 Å². The van der Waals surface area contributed by atoms with E-state index in [1.165, 1.54) is 0 Å². The van der Waals surface area contributed by atoms with Crippen LogP contribution in [-0.4, -0.2) is 12.6 Å². The Morgan fingerprint density at radius 2 is 2.00 bits per heavy atom. The van der Waals surface area contributed by atoms with E-state index in [9.17, 15) is 4.79 Å². The summed E-state index contributed by atoms with van der Waals surface area (Å²) in [4.78, 5) is 12.3. The van der Waals surface area contributed by atoms with Crippen LogP contribution in [0.5, 0.6) is 0 Å². The third kappa shape index (κ3) is 2.59. The lowest BCUT2D eigenvalue weighted by atomic mass is 10.1. The lowest BCUT2D eigenvalue weighted by Crippen LogP contribution is -2.05. The third-order valence-electron chi connectivity index (χ3n) is 3.16. The summed E-state index contributed by atoms with van der Waals surface area (Å²) < 4.78 is 12.0. The maximum Gasteiger partial charge on any atom is 0.342 e. The highest BCUT2D eigenvalue weighted by Gasteiger charge is 2.22. The number of carbonyl (C=O) groups is 1. The molecule has 0 amide bonds. The van der Waals surface area contributed by atoms with Gasteiger partial charge in [-0.05, 0) is 25.1 Å². The summed E-state index contributed by atoms with van der Waals surface area (Å²) in [6.45, 7) is 2.12. The average molecular weight is 345 g/mol. The number of furan rings is 1. The van der Waals surface area contributed by atoms with Crippen LogP contribution in [0.25, 0.3) is 22.3 Å². The lowest BCUT2D eigenvalue weighted by molar-refractivity contribution is 0.0529. The fourth-order valence-corrected chi connectivity index (χ4v) is 2.68. The molecule has 1 aromatic heterocycles. The summed E-state index contributed by atoms with van der Waals surface area (Å²) in [5, 5.41) is 0.769. The van der Waals surface area contributed by atoms with E-state index in [0.717, 1.165) is 15.4 Å². The van der Waals surface area contributed by atoms with Crippen molar-refractivity contribution in [2.24, 2.45) is 0 Å². The normalized spacial score (nSPS) is 10.8. The van der Waals surface area contributed by atoms with Crippen molar-refractivity contribution in [3.8, 4) is 11.3 Å². The number of hydrogen-bond donors (Lipinski definition) is 0. The van der Waals surface area contributed by atoms with Crippen LogP contribution in [-0.2, 0) is 4.74 Å². The van der Waals surface area contributed by atoms with Crippen LogP contribution in [0.1, 0.15) is 17.3 Å². The van der Waals surface area contributed by atoms with Crippen molar-refractivity contribution < 1.29 is 13.9 Å². The van der Waals surface area contributed by atoms with Crippen LogP contribution >= 0.6 is 15.9 Å². The molecule has 21 heavy (non-hydrogen) atoms. The molecular formula is C17H13BrO3. The predicted octanol–water partition coefficient (Wildman–Crippen LogP) is 5.04. The molecule has 0 bridgehead atoms. The molecule has 1 heterocycles. The van der Waals surface area contributed by atoms with E-state index in [4.69, 9.17) is 9.15 Å². The van der Waals surface area contributed by atoms with Crippen LogP contribution in [0.4, 0.5) is 0 Å². The predicted molar refractivity (Wildman–Crippen MR) is 85.3 cm³/mol. The lowest BCUT2D eigenvalue weighted by Gasteiger charge is -2.03. The third-order valence-corrected chi connectivity index (χ3v) is 3.66. The molecule has 0 saturated heterocycles. The highest BCUT2D eigenvalue weighted by atomic mass is 79.9. The van der Waals surface area contributed by atoms with Gasteiger partial charge in [0, 0.05) is 15.4 Å². The first-order valence-corrected chi connectivity index (χ1v) is 7.44. The molecule has 0 aliphatic carbocycles. The topological polar surface area (TPSA) is 39.4 Å². The molecule has 0 spiro atoms. The summed E-state index contributed by atoms with van der Waals surface area (Å²) in [5.74, 6) is 0.174. The molecule has 3 rings (SSSR count). The number of benzene rings is 2. The first-order chi connectivity index (χ1) is 10.2. The Morgan fingerprint density at radius 1 is 1.19 bits per heavy atom. The minimum atomic E-state index is -0.363.